The van der Waals surface area contributed by atoms with Gasteiger partial charge in [-0.05, 0) is 6.42 Å². The number of methoxy groups -OCH3 is 1. The third kappa shape index (κ3) is 6.93. The zero-order chi connectivity index (χ0) is 24.4. The molecule has 1 aliphatic rings. The molecule has 0 radical (unpaired) electrons. The number of aromatic nitrogens is 3. The fourth-order valence-corrected chi connectivity index (χ4v) is 6.03. The Kier molecular flexibility index (Phi) is 8.52. The highest BCUT2D eigenvalue weighted by atomic mass is 35.5. The number of ether oxygens (including phenoxy) is 2. The second kappa shape index (κ2) is 10.6. The third-order valence-electron chi connectivity index (χ3n) is 4.86. The van der Waals surface area contributed by atoms with Gasteiger partial charge in [-0.2, -0.15) is 5.10 Å². The summed E-state index contributed by atoms with van der Waals surface area (Å²) in [6, 6.07) is 1.65. The van der Waals surface area contributed by atoms with E-state index in [1.807, 2.05) is 0 Å². The summed E-state index contributed by atoms with van der Waals surface area (Å²) in [4.78, 5) is 31.5. The summed E-state index contributed by atoms with van der Waals surface area (Å²) in [6.45, 7) is 0.396. The van der Waals surface area contributed by atoms with Gasteiger partial charge in [0.25, 0.3) is 0 Å². The second-order valence-electron chi connectivity index (χ2n) is 7.45. The van der Waals surface area contributed by atoms with Crippen molar-refractivity contribution in [3.8, 4) is 0 Å². The van der Waals surface area contributed by atoms with Crippen molar-refractivity contribution < 1.29 is 48.0 Å². The first kappa shape index (κ1) is 26.5. The number of aliphatic hydroxyl groups excluding tert-OH is 2. The lowest BCUT2D eigenvalue weighted by atomic mass is 10.1. The molecule has 186 valence electrons. The highest BCUT2D eigenvalue weighted by molar-refractivity contribution is 7.70. The Labute approximate surface area is 193 Å². The van der Waals surface area contributed by atoms with Gasteiger partial charge in [0.05, 0.1) is 31.1 Å². The number of imidazole rings is 1. The van der Waals surface area contributed by atoms with E-state index in [9.17, 15) is 24.2 Å². The predicted octanol–water partition coefficient (Wildman–Crippen LogP) is 0.330. The molecule has 3 rings (SSSR count). The van der Waals surface area contributed by atoms with Crippen LogP contribution in [0.2, 0.25) is 5.15 Å². The van der Waals surface area contributed by atoms with Gasteiger partial charge in [-0.3, -0.25) is 9.13 Å². The topological polar surface area (TPSA) is 205 Å². The lowest BCUT2D eigenvalue weighted by Gasteiger charge is -2.25. The summed E-state index contributed by atoms with van der Waals surface area (Å²) >= 11 is 6.12. The Balaban J connectivity index is 1.77. The lowest BCUT2D eigenvalue weighted by Crippen LogP contribution is -2.38. The minimum atomic E-state index is -4.82. The van der Waals surface area contributed by atoms with Crippen LogP contribution in [0.5, 0.6) is 0 Å². The van der Waals surface area contributed by atoms with E-state index in [2.05, 4.69) is 19.9 Å². The van der Waals surface area contributed by atoms with Crippen molar-refractivity contribution in [1.29, 1.82) is 0 Å². The molecule has 33 heavy (non-hydrogen) atoms. The SMILES string of the molecule is CO[C@H](COP(=O)(O)CP(=O)(O)O)[C@@H](O)[C@@H](O)c1ncc2c(N[C@@H]3CCOC3)cc(Cl)nn12. The van der Waals surface area contributed by atoms with Crippen LogP contribution >= 0.6 is 26.8 Å². The van der Waals surface area contributed by atoms with Crippen LogP contribution in [0, 0.1) is 0 Å². The van der Waals surface area contributed by atoms with Crippen molar-refractivity contribution in [2.45, 2.75) is 30.8 Å². The number of aliphatic hydroxyl groups is 2. The summed E-state index contributed by atoms with van der Waals surface area (Å²) in [5.74, 6) is -1.49. The zero-order valence-corrected chi connectivity index (χ0v) is 19.9. The lowest BCUT2D eigenvalue weighted by molar-refractivity contribution is -0.0937. The molecule has 0 aliphatic carbocycles. The van der Waals surface area contributed by atoms with Gasteiger partial charge in [0.2, 0.25) is 0 Å². The average molecular weight is 531 g/mol. The molecule has 1 aliphatic heterocycles. The molecule has 2 aromatic heterocycles. The van der Waals surface area contributed by atoms with Gasteiger partial charge in [0, 0.05) is 19.8 Å². The van der Waals surface area contributed by atoms with Crippen LogP contribution in [-0.4, -0.2) is 90.6 Å². The van der Waals surface area contributed by atoms with Crippen molar-refractivity contribution in [3.63, 3.8) is 0 Å². The molecule has 1 saturated heterocycles. The molecule has 0 amide bonds. The van der Waals surface area contributed by atoms with E-state index in [1.165, 1.54) is 10.7 Å². The van der Waals surface area contributed by atoms with Crippen LogP contribution < -0.4 is 5.32 Å². The third-order valence-corrected chi connectivity index (χ3v) is 8.50. The predicted molar refractivity (Wildman–Crippen MR) is 115 cm³/mol. The van der Waals surface area contributed by atoms with Crippen LogP contribution in [0.1, 0.15) is 18.3 Å². The fraction of sp³-hybridized carbons (Fsp3) is 0.625. The standard InChI is InChI=1S/C16H25ClN4O10P2/c1-29-12(7-31-33(27,28)8-32(24,25)26)14(22)15(23)16-18-5-11-10(4-13(17)20-21(11)16)19-9-2-3-30-6-9/h4-5,9,12,14-15,19,22-23H,2-3,6-8H2,1H3,(H,27,28)(H2,24,25,26)/t9-,12-,14-,15-/m1/s1. The van der Waals surface area contributed by atoms with Crippen molar-refractivity contribution in [3.05, 3.63) is 23.2 Å². The Morgan fingerprint density at radius 2 is 2.09 bits per heavy atom. The molecular formula is C16H25ClN4O10P2. The summed E-state index contributed by atoms with van der Waals surface area (Å²) in [6.07, 6.45) is -2.53. The van der Waals surface area contributed by atoms with Crippen molar-refractivity contribution in [1.82, 2.24) is 14.6 Å². The molecule has 0 bridgehead atoms. The summed E-state index contributed by atoms with van der Waals surface area (Å²) in [7, 11) is -8.36. The number of hydrogen-bond donors (Lipinski definition) is 6. The molecular weight excluding hydrogens is 506 g/mol. The molecule has 14 nitrogen and oxygen atoms in total. The summed E-state index contributed by atoms with van der Waals surface area (Å²) in [5, 5.41) is 28.8. The fourth-order valence-electron chi connectivity index (χ4n) is 3.28. The van der Waals surface area contributed by atoms with Gasteiger partial charge in [-0.1, -0.05) is 11.6 Å². The van der Waals surface area contributed by atoms with E-state index in [4.69, 9.17) is 30.9 Å². The zero-order valence-electron chi connectivity index (χ0n) is 17.4. The molecule has 6 N–H and O–H groups in total. The van der Waals surface area contributed by atoms with E-state index in [0.29, 0.717) is 24.4 Å². The number of hydrogen-bond acceptors (Lipinski definition) is 10. The van der Waals surface area contributed by atoms with E-state index in [-0.39, 0.29) is 17.0 Å². The molecule has 2 aromatic rings. The summed E-state index contributed by atoms with van der Waals surface area (Å²) < 4.78 is 39.1. The van der Waals surface area contributed by atoms with Crippen molar-refractivity contribution in [2.75, 3.05) is 38.2 Å². The first-order chi connectivity index (χ1) is 15.4. The van der Waals surface area contributed by atoms with Gasteiger partial charge in [0.15, 0.2) is 16.9 Å². The van der Waals surface area contributed by atoms with Crippen LogP contribution in [0.4, 0.5) is 5.69 Å². The average Bonchev–Trinajstić information content (AvgIpc) is 3.35. The Bertz CT molecular complexity index is 1060. The maximum Gasteiger partial charge on any atom is 0.340 e. The van der Waals surface area contributed by atoms with Gasteiger partial charge in [-0.25, -0.2) is 9.50 Å². The van der Waals surface area contributed by atoms with Crippen molar-refractivity contribution >= 4 is 38.0 Å². The van der Waals surface area contributed by atoms with E-state index >= 15 is 0 Å². The molecule has 1 fully saturated rings. The number of halogens is 1. The van der Waals surface area contributed by atoms with E-state index in [0.717, 1.165) is 13.5 Å². The maximum absolute atomic E-state index is 11.8. The molecule has 5 atom stereocenters. The van der Waals surface area contributed by atoms with Crippen LogP contribution in [-0.2, 0) is 23.1 Å². The number of nitrogens with one attached hydrogen (secondary N) is 1. The Morgan fingerprint density at radius 3 is 2.70 bits per heavy atom. The maximum atomic E-state index is 11.8. The highest BCUT2D eigenvalue weighted by Crippen LogP contribution is 2.55. The minimum absolute atomic E-state index is 0.0541. The quantitative estimate of drug-likeness (QED) is 0.217. The van der Waals surface area contributed by atoms with Gasteiger partial charge >= 0.3 is 15.2 Å². The second-order valence-corrected chi connectivity index (χ2v) is 11.8. The van der Waals surface area contributed by atoms with Gasteiger partial charge in [-0.15, -0.1) is 0 Å². The van der Waals surface area contributed by atoms with Crippen LogP contribution in [0.3, 0.4) is 0 Å². The van der Waals surface area contributed by atoms with Gasteiger partial charge in [0.1, 0.15) is 23.8 Å². The number of fused-ring (bicyclic) bond motifs is 1. The Hall–Kier alpha value is -1.15. The number of anilines is 1. The largest absolute Gasteiger partial charge is 0.387 e. The smallest absolute Gasteiger partial charge is 0.340 e. The molecule has 1 unspecified atom stereocenters. The molecule has 0 spiro atoms. The first-order valence-corrected chi connectivity index (χ1v) is 13.6. The molecule has 17 heteroatoms. The van der Waals surface area contributed by atoms with E-state index < -0.39 is 46.0 Å². The normalized spacial score (nSPS) is 21.6. The molecule has 0 aromatic carbocycles. The highest BCUT2D eigenvalue weighted by Gasteiger charge is 2.36. The van der Waals surface area contributed by atoms with Crippen LogP contribution in [0.25, 0.3) is 5.52 Å². The number of nitrogens with zero attached hydrogens (tertiary/aromatic N) is 3. The molecule has 0 saturated carbocycles. The minimum Gasteiger partial charge on any atom is -0.387 e. The van der Waals surface area contributed by atoms with Gasteiger partial charge < -0.3 is 44.2 Å². The molecule has 3 heterocycles. The van der Waals surface area contributed by atoms with E-state index in [1.54, 1.807) is 6.07 Å². The summed E-state index contributed by atoms with van der Waals surface area (Å²) in [5.41, 5.74) is 1.07. The first-order valence-electron chi connectivity index (χ1n) is 9.68. The Morgan fingerprint density at radius 1 is 1.36 bits per heavy atom. The number of rotatable bonds is 11. The van der Waals surface area contributed by atoms with Crippen LogP contribution in [0.15, 0.2) is 12.3 Å². The van der Waals surface area contributed by atoms with Crippen molar-refractivity contribution in [2.24, 2.45) is 0 Å². The monoisotopic (exact) mass is 530 g/mol.